The third-order valence-electron chi connectivity index (χ3n) is 1.71. The molecule has 1 rings (SSSR count). The number of carbonyl (C=O) groups is 1. The number of allylic oxidation sites excluding steroid dienone is 1. The monoisotopic (exact) mass is 245 g/mol. The zero-order valence-electron chi connectivity index (χ0n) is 7.92. The number of rotatable bonds is 2. The molecule has 80 valence electrons. The summed E-state index contributed by atoms with van der Waals surface area (Å²) < 4.78 is 13.2. The average molecular weight is 246 g/mol. The molecule has 5 heteroatoms. The highest BCUT2D eigenvalue weighted by Gasteiger charge is 2.11. The highest BCUT2D eigenvalue weighted by molar-refractivity contribution is 7.85. The van der Waals surface area contributed by atoms with Crippen LogP contribution in [0.15, 0.2) is 29.2 Å². The molecule has 0 saturated heterocycles. The number of halogens is 2. The molecule has 1 aromatic rings. The molecule has 0 radical (unpaired) electrons. The number of hydrogen-bond acceptors (Lipinski definition) is 2. The maximum absolute atomic E-state index is 13.2. The van der Waals surface area contributed by atoms with Gasteiger partial charge in [-0.1, -0.05) is 23.7 Å². The normalized spacial score (nSPS) is 11.3. The van der Waals surface area contributed by atoms with Gasteiger partial charge in [-0.05, 0) is 19.1 Å². The van der Waals surface area contributed by atoms with Crippen LogP contribution in [0.2, 0.25) is 5.02 Å². The van der Waals surface area contributed by atoms with Crippen LogP contribution in [0.25, 0.3) is 0 Å². The van der Waals surface area contributed by atoms with E-state index in [4.69, 9.17) is 11.6 Å². The smallest absolute Gasteiger partial charge is 0.261 e. The van der Waals surface area contributed by atoms with E-state index in [1.807, 2.05) is 0 Å². The van der Waals surface area contributed by atoms with E-state index in [0.29, 0.717) is 0 Å². The van der Waals surface area contributed by atoms with Gasteiger partial charge in [0.2, 0.25) is 0 Å². The highest BCUT2D eigenvalue weighted by Crippen LogP contribution is 2.25. The van der Waals surface area contributed by atoms with Gasteiger partial charge >= 0.3 is 0 Å². The fraction of sp³-hybridized carbons (Fsp3) is 0.100. The summed E-state index contributed by atoms with van der Waals surface area (Å²) in [4.78, 5) is 11.6. The van der Waals surface area contributed by atoms with E-state index >= 15 is 0 Å². The van der Waals surface area contributed by atoms with Gasteiger partial charge in [0.05, 0.1) is 15.6 Å². The molecule has 0 aliphatic heterocycles. The fourth-order valence-electron chi connectivity index (χ4n) is 0.926. The maximum atomic E-state index is 13.2. The fourth-order valence-corrected chi connectivity index (χ4v) is 1.19. The highest BCUT2D eigenvalue weighted by atomic mass is 35.5. The van der Waals surface area contributed by atoms with Crippen molar-refractivity contribution in [1.29, 1.82) is 0 Å². The first-order valence-corrected chi connectivity index (χ1v) is 4.99. The first kappa shape index (κ1) is 12.1. The Bertz CT molecular complexity index is 400. The van der Waals surface area contributed by atoms with Crippen LogP contribution in [-0.2, 0) is 4.79 Å². The third-order valence-corrected chi connectivity index (χ3v) is 2.48. The number of thiol groups is 1. The van der Waals surface area contributed by atoms with Crippen molar-refractivity contribution in [3.63, 3.8) is 0 Å². The molecule has 0 spiro atoms. The van der Waals surface area contributed by atoms with Crippen molar-refractivity contribution in [3.05, 3.63) is 40.0 Å². The van der Waals surface area contributed by atoms with E-state index in [9.17, 15) is 9.18 Å². The number of hydrogen-bond donors (Lipinski definition) is 2. The molecule has 0 saturated carbocycles. The average Bonchev–Trinajstić information content (AvgIpc) is 2.22. The largest absolute Gasteiger partial charge is 0.318 e. The second-order valence-electron chi connectivity index (χ2n) is 2.72. The van der Waals surface area contributed by atoms with Gasteiger partial charge in [0.25, 0.3) is 5.91 Å². The Morgan fingerprint density at radius 3 is 2.80 bits per heavy atom. The number of para-hydroxylation sites is 1. The van der Waals surface area contributed by atoms with Crippen LogP contribution >= 0.6 is 24.2 Å². The third kappa shape index (κ3) is 2.97. The van der Waals surface area contributed by atoms with E-state index in [0.717, 1.165) is 0 Å². The molecule has 1 N–H and O–H groups in total. The minimum absolute atomic E-state index is 0.0300. The SMILES string of the molecule is C/C=C(\S)C(=O)Nc1c(F)cccc1Cl. The molecule has 0 aliphatic carbocycles. The Morgan fingerprint density at radius 2 is 2.27 bits per heavy atom. The Labute approximate surface area is 97.5 Å². The van der Waals surface area contributed by atoms with Gasteiger partial charge < -0.3 is 5.32 Å². The zero-order chi connectivity index (χ0) is 11.4. The van der Waals surface area contributed by atoms with Crippen LogP contribution in [0.4, 0.5) is 10.1 Å². The maximum Gasteiger partial charge on any atom is 0.261 e. The molecule has 0 aromatic heterocycles. The number of benzene rings is 1. The minimum Gasteiger partial charge on any atom is -0.318 e. The summed E-state index contributed by atoms with van der Waals surface area (Å²) in [6.07, 6.45) is 1.51. The summed E-state index contributed by atoms with van der Waals surface area (Å²) in [6, 6.07) is 4.17. The Hall–Kier alpha value is -1.00. The van der Waals surface area contributed by atoms with Crippen LogP contribution in [0.3, 0.4) is 0 Å². The van der Waals surface area contributed by atoms with Crippen LogP contribution < -0.4 is 5.32 Å². The lowest BCUT2D eigenvalue weighted by Gasteiger charge is -2.07. The summed E-state index contributed by atoms with van der Waals surface area (Å²) in [5.41, 5.74) is -0.0300. The number of amides is 1. The first-order valence-electron chi connectivity index (χ1n) is 4.17. The number of anilines is 1. The predicted molar refractivity (Wildman–Crippen MR) is 62.8 cm³/mol. The lowest BCUT2D eigenvalue weighted by Crippen LogP contribution is -2.12. The van der Waals surface area contributed by atoms with Gasteiger partial charge in [-0.3, -0.25) is 4.79 Å². The molecule has 0 heterocycles. The summed E-state index contributed by atoms with van der Waals surface area (Å²) in [5, 5.41) is 2.49. The molecule has 1 aromatic carbocycles. The van der Waals surface area contributed by atoms with Crippen LogP contribution in [0.5, 0.6) is 0 Å². The molecule has 0 atom stereocenters. The van der Waals surface area contributed by atoms with Gasteiger partial charge in [-0.15, -0.1) is 12.6 Å². The molecule has 2 nitrogen and oxygen atoms in total. The molecule has 1 amide bonds. The number of nitrogens with one attached hydrogen (secondary N) is 1. The van der Waals surface area contributed by atoms with Crippen molar-refractivity contribution in [2.75, 3.05) is 5.32 Å². The van der Waals surface area contributed by atoms with Crippen LogP contribution in [0, 0.1) is 5.82 Å². The molecular weight excluding hydrogens is 237 g/mol. The van der Waals surface area contributed by atoms with Crippen LogP contribution in [0.1, 0.15) is 6.92 Å². The topological polar surface area (TPSA) is 29.1 Å². The number of carbonyl (C=O) groups excluding carboxylic acids is 1. The van der Waals surface area contributed by atoms with Gasteiger partial charge in [0.1, 0.15) is 5.82 Å². The summed E-state index contributed by atoms with van der Waals surface area (Å²) in [6.45, 7) is 1.66. The van der Waals surface area contributed by atoms with Gasteiger partial charge in [-0.25, -0.2) is 4.39 Å². The van der Waals surface area contributed by atoms with E-state index < -0.39 is 11.7 Å². The Morgan fingerprint density at radius 1 is 1.60 bits per heavy atom. The van der Waals surface area contributed by atoms with Crippen molar-refractivity contribution in [1.82, 2.24) is 0 Å². The van der Waals surface area contributed by atoms with Gasteiger partial charge in [-0.2, -0.15) is 0 Å². The van der Waals surface area contributed by atoms with E-state index in [2.05, 4.69) is 17.9 Å². The van der Waals surface area contributed by atoms with Crippen molar-refractivity contribution in [2.45, 2.75) is 6.92 Å². The molecule has 15 heavy (non-hydrogen) atoms. The Kier molecular flexibility index (Phi) is 4.17. The van der Waals surface area contributed by atoms with Crippen molar-refractivity contribution >= 4 is 35.8 Å². The van der Waals surface area contributed by atoms with Gasteiger partial charge in [0, 0.05) is 0 Å². The summed E-state index contributed by atoms with van der Waals surface area (Å²) in [5.74, 6) is -1.07. The van der Waals surface area contributed by atoms with E-state index in [1.165, 1.54) is 24.3 Å². The molecule has 0 unspecified atom stereocenters. The minimum atomic E-state index is -0.576. The molecule has 0 bridgehead atoms. The standard InChI is InChI=1S/C10H9ClFNOS/c1-2-8(15)10(14)13-9-6(11)4-3-5-7(9)12/h2-5,15H,1H3,(H,13,14)/b8-2-. The lowest BCUT2D eigenvalue weighted by molar-refractivity contribution is -0.112. The van der Waals surface area contributed by atoms with E-state index in [1.54, 1.807) is 6.92 Å². The van der Waals surface area contributed by atoms with Crippen LogP contribution in [-0.4, -0.2) is 5.91 Å². The van der Waals surface area contributed by atoms with Crippen molar-refractivity contribution < 1.29 is 9.18 Å². The first-order chi connectivity index (χ1) is 7.06. The molecule has 0 fully saturated rings. The molecule has 0 aliphatic rings. The van der Waals surface area contributed by atoms with E-state index in [-0.39, 0.29) is 15.6 Å². The lowest BCUT2D eigenvalue weighted by atomic mass is 10.3. The quantitative estimate of drug-likeness (QED) is 0.608. The summed E-state index contributed by atoms with van der Waals surface area (Å²) in [7, 11) is 0. The van der Waals surface area contributed by atoms with Crippen molar-refractivity contribution in [3.8, 4) is 0 Å². The Balaban J connectivity index is 2.95. The predicted octanol–water partition coefficient (Wildman–Crippen LogP) is 3.25. The second kappa shape index (κ2) is 5.19. The summed E-state index contributed by atoms with van der Waals surface area (Å²) >= 11 is 9.63. The second-order valence-corrected chi connectivity index (χ2v) is 3.61. The zero-order valence-corrected chi connectivity index (χ0v) is 9.57. The van der Waals surface area contributed by atoms with Crippen molar-refractivity contribution in [2.24, 2.45) is 0 Å². The molecular formula is C10H9ClFNOS. The van der Waals surface area contributed by atoms with Gasteiger partial charge in [0.15, 0.2) is 0 Å².